The van der Waals surface area contributed by atoms with Crippen LogP contribution in [0.1, 0.15) is 40.4 Å². The summed E-state index contributed by atoms with van der Waals surface area (Å²) in [4.78, 5) is 12.1. The van der Waals surface area contributed by atoms with Crippen LogP contribution in [0, 0.1) is 25.5 Å². The number of nitrogens with one attached hydrogen (secondary N) is 1. The molecule has 0 radical (unpaired) electrons. The first-order valence-corrected chi connectivity index (χ1v) is 6.21. The lowest BCUT2D eigenvalue weighted by Gasteiger charge is -2.14. The quantitative estimate of drug-likeness (QED) is 0.931. The molecule has 1 atom stereocenters. The monoisotopic (exact) mass is 279 g/mol. The Morgan fingerprint density at radius 1 is 1.25 bits per heavy atom. The van der Waals surface area contributed by atoms with Crippen LogP contribution in [0.3, 0.4) is 0 Å². The zero-order chi connectivity index (χ0) is 14.9. The Labute approximate surface area is 115 Å². The molecule has 0 spiro atoms. The summed E-state index contributed by atoms with van der Waals surface area (Å²) in [6, 6.07) is 4.33. The van der Waals surface area contributed by atoms with E-state index in [-0.39, 0.29) is 11.5 Å². The van der Waals surface area contributed by atoms with Crippen LogP contribution in [0.25, 0.3) is 0 Å². The van der Waals surface area contributed by atoms with Gasteiger partial charge in [-0.25, -0.2) is 8.78 Å². The molecule has 1 amide bonds. The number of furan rings is 1. The first-order valence-electron chi connectivity index (χ1n) is 6.21. The predicted molar refractivity (Wildman–Crippen MR) is 70.4 cm³/mol. The summed E-state index contributed by atoms with van der Waals surface area (Å²) in [6.07, 6.45) is 0. The van der Waals surface area contributed by atoms with Crippen molar-refractivity contribution in [1.29, 1.82) is 0 Å². The van der Waals surface area contributed by atoms with Gasteiger partial charge in [-0.05, 0) is 32.9 Å². The number of carbonyl (C=O) groups is 1. The van der Waals surface area contributed by atoms with Crippen molar-refractivity contribution in [1.82, 2.24) is 5.32 Å². The van der Waals surface area contributed by atoms with Gasteiger partial charge in [0.25, 0.3) is 5.91 Å². The van der Waals surface area contributed by atoms with Crippen LogP contribution in [-0.2, 0) is 0 Å². The lowest BCUT2D eigenvalue weighted by atomic mass is 10.1. The molecular weight excluding hydrogens is 264 g/mol. The molecule has 1 unspecified atom stereocenters. The van der Waals surface area contributed by atoms with E-state index in [0.717, 1.165) is 12.1 Å². The summed E-state index contributed by atoms with van der Waals surface area (Å²) < 4.78 is 31.8. The van der Waals surface area contributed by atoms with Crippen LogP contribution in [0.15, 0.2) is 28.7 Å². The molecule has 2 rings (SSSR count). The lowest BCUT2D eigenvalue weighted by molar-refractivity contribution is 0.0938. The van der Waals surface area contributed by atoms with E-state index in [9.17, 15) is 13.6 Å². The average molecular weight is 279 g/mol. The zero-order valence-electron chi connectivity index (χ0n) is 11.5. The van der Waals surface area contributed by atoms with Gasteiger partial charge in [0, 0.05) is 11.6 Å². The van der Waals surface area contributed by atoms with E-state index >= 15 is 0 Å². The van der Waals surface area contributed by atoms with Gasteiger partial charge < -0.3 is 9.73 Å². The molecule has 0 saturated carbocycles. The van der Waals surface area contributed by atoms with Crippen molar-refractivity contribution in [3.05, 3.63) is 58.5 Å². The number of hydrogen-bond donors (Lipinski definition) is 1. The maximum atomic E-state index is 13.6. The van der Waals surface area contributed by atoms with E-state index < -0.39 is 17.7 Å². The molecule has 0 aliphatic carbocycles. The summed E-state index contributed by atoms with van der Waals surface area (Å²) >= 11 is 0. The maximum absolute atomic E-state index is 13.6. The Kier molecular flexibility index (Phi) is 3.88. The second kappa shape index (κ2) is 5.45. The van der Waals surface area contributed by atoms with Crippen molar-refractivity contribution < 1.29 is 18.0 Å². The highest BCUT2D eigenvalue weighted by Gasteiger charge is 2.18. The largest absolute Gasteiger partial charge is 0.466 e. The van der Waals surface area contributed by atoms with Crippen LogP contribution in [0.2, 0.25) is 0 Å². The molecule has 0 aliphatic heterocycles. The summed E-state index contributed by atoms with van der Waals surface area (Å²) in [5.41, 5.74) is 0.648. The topological polar surface area (TPSA) is 42.2 Å². The van der Waals surface area contributed by atoms with Crippen LogP contribution in [0.4, 0.5) is 8.78 Å². The smallest absolute Gasteiger partial charge is 0.255 e. The van der Waals surface area contributed by atoms with Gasteiger partial charge in [-0.15, -0.1) is 0 Å². The second-order valence-electron chi connectivity index (χ2n) is 4.69. The molecule has 1 N–H and O–H groups in total. The highest BCUT2D eigenvalue weighted by molar-refractivity contribution is 5.95. The highest BCUT2D eigenvalue weighted by Crippen LogP contribution is 2.19. The molecule has 5 heteroatoms. The van der Waals surface area contributed by atoms with Crippen LogP contribution >= 0.6 is 0 Å². The number of carbonyl (C=O) groups excluding carboxylic acids is 1. The normalized spacial score (nSPS) is 12.2. The average Bonchev–Trinajstić information content (AvgIpc) is 2.68. The fourth-order valence-corrected chi connectivity index (χ4v) is 2.06. The summed E-state index contributed by atoms with van der Waals surface area (Å²) in [5, 5.41) is 2.67. The van der Waals surface area contributed by atoms with Gasteiger partial charge in [-0.2, -0.15) is 0 Å². The fourth-order valence-electron chi connectivity index (χ4n) is 2.06. The molecule has 0 aliphatic rings. The van der Waals surface area contributed by atoms with Crippen LogP contribution < -0.4 is 5.32 Å². The first-order chi connectivity index (χ1) is 9.38. The molecule has 3 nitrogen and oxygen atoms in total. The summed E-state index contributed by atoms with van der Waals surface area (Å²) in [6.45, 7) is 5.06. The Morgan fingerprint density at radius 2 is 1.95 bits per heavy atom. The fraction of sp³-hybridized carbons (Fsp3) is 0.267. The van der Waals surface area contributed by atoms with E-state index in [1.807, 2.05) is 0 Å². The molecule has 0 bridgehead atoms. The number of amides is 1. The van der Waals surface area contributed by atoms with Crippen LogP contribution in [0.5, 0.6) is 0 Å². The van der Waals surface area contributed by atoms with Crippen molar-refractivity contribution >= 4 is 5.91 Å². The minimum atomic E-state index is -0.683. The Bertz CT molecular complexity index is 649. The van der Waals surface area contributed by atoms with Gasteiger partial charge in [0.05, 0.1) is 11.6 Å². The Hall–Kier alpha value is -2.17. The first kappa shape index (κ1) is 14.2. The number of aryl methyl sites for hydroxylation is 2. The number of hydrogen-bond acceptors (Lipinski definition) is 2. The molecule has 1 heterocycles. The third-order valence-electron chi connectivity index (χ3n) is 3.06. The molecule has 1 aromatic heterocycles. The van der Waals surface area contributed by atoms with E-state index in [4.69, 9.17) is 4.42 Å². The number of halogens is 2. The molecular formula is C15H15F2NO2. The molecule has 20 heavy (non-hydrogen) atoms. The zero-order valence-corrected chi connectivity index (χ0v) is 11.5. The van der Waals surface area contributed by atoms with E-state index in [1.54, 1.807) is 26.8 Å². The van der Waals surface area contributed by atoms with Gasteiger partial charge in [0.15, 0.2) is 0 Å². The molecule has 0 fully saturated rings. The van der Waals surface area contributed by atoms with Crippen molar-refractivity contribution in [2.24, 2.45) is 0 Å². The van der Waals surface area contributed by atoms with E-state index in [1.165, 1.54) is 6.07 Å². The van der Waals surface area contributed by atoms with E-state index in [0.29, 0.717) is 17.1 Å². The van der Waals surface area contributed by atoms with E-state index in [2.05, 4.69) is 5.32 Å². The van der Waals surface area contributed by atoms with Crippen molar-refractivity contribution in [3.8, 4) is 0 Å². The third-order valence-corrected chi connectivity index (χ3v) is 3.06. The van der Waals surface area contributed by atoms with Gasteiger partial charge in [-0.1, -0.05) is 6.07 Å². The minimum Gasteiger partial charge on any atom is -0.466 e. The van der Waals surface area contributed by atoms with Gasteiger partial charge in [0.2, 0.25) is 0 Å². The van der Waals surface area contributed by atoms with Gasteiger partial charge in [-0.3, -0.25) is 4.79 Å². The van der Waals surface area contributed by atoms with Gasteiger partial charge >= 0.3 is 0 Å². The molecule has 1 aromatic carbocycles. The van der Waals surface area contributed by atoms with Crippen molar-refractivity contribution in [3.63, 3.8) is 0 Å². The van der Waals surface area contributed by atoms with Crippen LogP contribution in [-0.4, -0.2) is 5.91 Å². The molecule has 2 aromatic rings. The van der Waals surface area contributed by atoms with Gasteiger partial charge in [0.1, 0.15) is 23.2 Å². The number of rotatable bonds is 3. The standard InChI is InChI=1S/C15H15F2NO2/c1-8-6-13(10(3)20-8)15(19)18-9(2)12-5-4-11(16)7-14(12)17/h4-7,9H,1-3H3,(H,18,19). The maximum Gasteiger partial charge on any atom is 0.255 e. The summed E-state index contributed by atoms with van der Waals surface area (Å²) in [7, 11) is 0. The minimum absolute atomic E-state index is 0.234. The Balaban J connectivity index is 2.17. The SMILES string of the molecule is Cc1cc(C(=O)NC(C)c2ccc(F)cc2F)c(C)o1. The molecule has 106 valence electrons. The second-order valence-corrected chi connectivity index (χ2v) is 4.69. The third kappa shape index (κ3) is 2.87. The predicted octanol–water partition coefficient (Wildman–Crippen LogP) is 3.67. The molecule has 0 saturated heterocycles. The lowest BCUT2D eigenvalue weighted by Crippen LogP contribution is -2.27. The highest BCUT2D eigenvalue weighted by atomic mass is 19.1. The van der Waals surface area contributed by atoms with Crippen molar-refractivity contribution in [2.45, 2.75) is 26.8 Å². The summed E-state index contributed by atoms with van der Waals surface area (Å²) in [5.74, 6) is -0.542. The Morgan fingerprint density at radius 3 is 2.50 bits per heavy atom. The van der Waals surface area contributed by atoms with Crippen molar-refractivity contribution in [2.75, 3.05) is 0 Å². The number of benzene rings is 1.